The lowest BCUT2D eigenvalue weighted by Crippen LogP contribution is -2.11. The van der Waals surface area contributed by atoms with Crippen LogP contribution in [0.25, 0.3) is 0 Å². The summed E-state index contributed by atoms with van der Waals surface area (Å²) in [5.74, 6) is -1.95. The Hall–Kier alpha value is -1.39. The zero-order valence-corrected chi connectivity index (χ0v) is 6.25. The van der Waals surface area contributed by atoms with Crippen molar-refractivity contribution < 1.29 is 24.2 Å². The summed E-state index contributed by atoms with van der Waals surface area (Å²) in [6.45, 7) is 2.32. The molecule has 0 spiro atoms. The molecule has 0 fully saturated rings. The van der Waals surface area contributed by atoms with Crippen molar-refractivity contribution in [2.24, 2.45) is 0 Å². The molecule has 0 saturated heterocycles. The predicted octanol–water partition coefficient (Wildman–Crippen LogP) is -0.0132. The number of hydrogen-bond acceptors (Lipinski definition) is 5. The maximum Gasteiger partial charge on any atom is 0.362 e. The summed E-state index contributed by atoms with van der Waals surface area (Å²) in [5, 5.41) is 0. The number of hydrogen-bond donors (Lipinski definition) is 0. The van der Waals surface area contributed by atoms with Crippen LogP contribution in [-0.2, 0) is 24.2 Å². The Labute approximate surface area is 63.2 Å². The number of carbonyl (C=O) groups is 3. The molecule has 0 heterocycles. The van der Waals surface area contributed by atoms with Gasteiger partial charge in [-0.3, -0.25) is 4.79 Å². The fraction of sp³-hybridized carbons (Fsp3) is 0.500. The summed E-state index contributed by atoms with van der Waals surface area (Å²) in [4.78, 5) is 38.5. The SMILES string of the molecule is CC(=O)CC(=O)OOC(C)=O. The van der Waals surface area contributed by atoms with Gasteiger partial charge in [0.25, 0.3) is 0 Å². The molecule has 0 rings (SSSR count). The highest BCUT2D eigenvalue weighted by atomic mass is 17.2. The highest BCUT2D eigenvalue weighted by molar-refractivity contribution is 5.94. The second kappa shape index (κ2) is 4.43. The average Bonchev–Trinajstić information content (AvgIpc) is 1.82. The lowest BCUT2D eigenvalue weighted by atomic mass is 10.3. The van der Waals surface area contributed by atoms with Gasteiger partial charge in [-0.1, -0.05) is 0 Å². The molecule has 0 aromatic heterocycles. The molecule has 0 aliphatic rings. The molecule has 5 nitrogen and oxygen atoms in total. The third-order valence-electron chi connectivity index (χ3n) is 0.645. The molecule has 0 aromatic rings. The molecule has 0 aliphatic heterocycles. The molecule has 11 heavy (non-hydrogen) atoms. The molecule has 0 N–H and O–H groups in total. The van der Waals surface area contributed by atoms with Crippen LogP contribution in [0.5, 0.6) is 0 Å². The average molecular weight is 160 g/mol. The molecule has 0 radical (unpaired) electrons. The minimum Gasteiger partial charge on any atom is -0.299 e. The first-order valence-corrected chi connectivity index (χ1v) is 2.89. The molecule has 0 unspecified atom stereocenters. The van der Waals surface area contributed by atoms with Crippen LogP contribution in [0, 0.1) is 0 Å². The summed E-state index contributed by atoms with van der Waals surface area (Å²) in [5.41, 5.74) is 0. The van der Waals surface area contributed by atoms with E-state index in [1.807, 2.05) is 0 Å². The summed E-state index contributed by atoms with van der Waals surface area (Å²) in [6, 6.07) is 0. The van der Waals surface area contributed by atoms with E-state index in [1.54, 1.807) is 0 Å². The summed E-state index contributed by atoms with van der Waals surface area (Å²) in [7, 11) is 0. The van der Waals surface area contributed by atoms with Crippen LogP contribution < -0.4 is 0 Å². The van der Waals surface area contributed by atoms with Crippen molar-refractivity contribution in [3.63, 3.8) is 0 Å². The Morgan fingerprint density at radius 2 is 1.64 bits per heavy atom. The number of carbonyl (C=O) groups excluding carboxylic acids is 3. The zero-order valence-electron chi connectivity index (χ0n) is 6.25. The molecule has 0 saturated carbocycles. The minimum atomic E-state index is -0.868. The monoisotopic (exact) mass is 160 g/mol. The Balaban J connectivity index is 3.53. The fourth-order valence-electron chi connectivity index (χ4n) is 0.338. The van der Waals surface area contributed by atoms with Crippen LogP contribution >= 0.6 is 0 Å². The van der Waals surface area contributed by atoms with Gasteiger partial charge in [0.15, 0.2) is 0 Å². The third kappa shape index (κ3) is 6.50. The first-order chi connectivity index (χ1) is 5.02. The smallest absolute Gasteiger partial charge is 0.299 e. The van der Waals surface area contributed by atoms with Gasteiger partial charge in [0.2, 0.25) is 0 Å². The summed E-state index contributed by atoms with van der Waals surface area (Å²) < 4.78 is 0. The second-order valence-electron chi connectivity index (χ2n) is 1.91. The highest BCUT2D eigenvalue weighted by Crippen LogP contribution is 1.89. The molecule has 5 heteroatoms. The normalized spacial score (nSPS) is 8.55. The summed E-state index contributed by atoms with van der Waals surface area (Å²) in [6.07, 6.45) is -0.382. The maximum absolute atomic E-state index is 10.4. The van der Waals surface area contributed by atoms with Crippen molar-refractivity contribution in [3.05, 3.63) is 0 Å². The van der Waals surface area contributed by atoms with E-state index in [0.717, 1.165) is 6.92 Å². The summed E-state index contributed by atoms with van der Waals surface area (Å²) >= 11 is 0. The van der Waals surface area contributed by atoms with Crippen LogP contribution in [0.4, 0.5) is 0 Å². The largest absolute Gasteiger partial charge is 0.362 e. The van der Waals surface area contributed by atoms with Crippen molar-refractivity contribution >= 4 is 17.7 Å². The van der Waals surface area contributed by atoms with Crippen LogP contribution in [0.3, 0.4) is 0 Å². The predicted molar refractivity (Wildman–Crippen MR) is 33.2 cm³/mol. The lowest BCUT2D eigenvalue weighted by molar-refractivity contribution is -0.256. The molecule has 0 amide bonds. The van der Waals surface area contributed by atoms with Crippen molar-refractivity contribution in [2.45, 2.75) is 20.3 Å². The van der Waals surface area contributed by atoms with Gasteiger partial charge in [0, 0.05) is 6.92 Å². The third-order valence-corrected chi connectivity index (χ3v) is 0.645. The van der Waals surface area contributed by atoms with Crippen LogP contribution in [0.1, 0.15) is 20.3 Å². The van der Waals surface area contributed by atoms with Crippen molar-refractivity contribution in [1.82, 2.24) is 0 Å². The number of ketones is 1. The molecule has 62 valence electrons. The van der Waals surface area contributed by atoms with Crippen molar-refractivity contribution in [1.29, 1.82) is 0 Å². The second-order valence-corrected chi connectivity index (χ2v) is 1.91. The molecule has 0 bridgehead atoms. The van der Waals surface area contributed by atoms with Gasteiger partial charge in [-0.25, -0.2) is 19.4 Å². The van der Waals surface area contributed by atoms with Gasteiger partial charge in [-0.15, -0.1) is 0 Å². The quantitative estimate of drug-likeness (QED) is 0.322. The van der Waals surface area contributed by atoms with Gasteiger partial charge in [0.05, 0.1) is 0 Å². The molecular formula is C6H8O5. The Bertz CT molecular complexity index is 183. The van der Waals surface area contributed by atoms with Gasteiger partial charge in [-0.2, -0.15) is 0 Å². The minimum absolute atomic E-state index is 0.345. The fourth-order valence-corrected chi connectivity index (χ4v) is 0.338. The molecule has 0 aliphatic carbocycles. The Kier molecular flexibility index (Phi) is 3.87. The van der Waals surface area contributed by atoms with Gasteiger partial charge < -0.3 is 0 Å². The van der Waals surface area contributed by atoms with E-state index >= 15 is 0 Å². The van der Waals surface area contributed by atoms with E-state index in [4.69, 9.17) is 0 Å². The van der Waals surface area contributed by atoms with E-state index in [-0.39, 0.29) is 12.2 Å². The van der Waals surface area contributed by atoms with Gasteiger partial charge >= 0.3 is 11.9 Å². The highest BCUT2D eigenvalue weighted by Gasteiger charge is 2.08. The van der Waals surface area contributed by atoms with Crippen LogP contribution in [0.15, 0.2) is 0 Å². The van der Waals surface area contributed by atoms with E-state index in [1.165, 1.54) is 6.92 Å². The first kappa shape index (κ1) is 9.61. The van der Waals surface area contributed by atoms with Crippen molar-refractivity contribution in [2.75, 3.05) is 0 Å². The van der Waals surface area contributed by atoms with Gasteiger partial charge in [-0.05, 0) is 6.92 Å². The standard InChI is InChI=1S/C6H8O5/c1-4(7)3-6(9)11-10-5(2)8/h3H2,1-2H3. The molecular weight excluding hydrogens is 152 g/mol. The van der Waals surface area contributed by atoms with E-state index < -0.39 is 11.9 Å². The topological polar surface area (TPSA) is 69.7 Å². The zero-order chi connectivity index (χ0) is 8.85. The molecule has 0 atom stereocenters. The lowest BCUT2D eigenvalue weighted by Gasteiger charge is -1.97. The van der Waals surface area contributed by atoms with Crippen LogP contribution in [0.2, 0.25) is 0 Å². The Morgan fingerprint density at radius 1 is 1.09 bits per heavy atom. The van der Waals surface area contributed by atoms with E-state index in [2.05, 4.69) is 9.78 Å². The van der Waals surface area contributed by atoms with E-state index in [0.29, 0.717) is 0 Å². The first-order valence-electron chi connectivity index (χ1n) is 2.89. The van der Waals surface area contributed by atoms with Crippen LogP contribution in [-0.4, -0.2) is 17.7 Å². The number of rotatable bonds is 2. The Morgan fingerprint density at radius 3 is 2.00 bits per heavy atom. The number of Topliss-reactive ketones (excluding diaryl/α,β-unsaturated/α-hetero) is 1. The van der Waals surface area contributed by atoms with Crippen molar-refractivity contribution in [3.8, 4) is 0 Å². The van der Waals surface area contributed by atoms with Gasteiger partial charge in [0.1, 0.15) is 12.2 Å². The van der Waals surface area contributed by atoms with E-state index in [9.17, 15) is 14.4 Å². The molecule has 0 aromatic carbocycles. The maximum atomic E-state index is 10.4.